The number of H-pyrrole nitrogens is 1. The molecule has 0 aliphatic carbocycles. The number of hydrogen-bond acceptors (Lipinski definition) is 3. The summed E-state index contributed by atoms with van der Waals surface area (Å²) >= 11 is 0. The predicted molar refractivity (Wildman–Crippen MR) is 90.8 cm³/mol. The molecule has 0 spiro atoms. The Labute approximate surface area is 151 Å². The second kappa shape index (κ2) is 6.64. The number of nitrogens with one attached hydrogen (secondary N) is 1. The summed E-state index contributed by atoms with van der Waals surface area (Å²) in [5.41, 5.74) is 0.283. The van der Waals surface area contributed by atoms with E-state index in [0.29, 0.717) is 28.8 Å². The first kappa shape index (κ1) is 18.8. The Morgan fingerprint density at radius 2 is 1.89 bits per heavy atom. The third-order valence-corrected chi connectivity index (χ3v) is 4.23. The summed E-state index contributed by atoms with van der Waals surface area (Å²) in [5.74, 6) is -0.524. The van der Waals surface area contributed by atoms with E-state index >= 15 is 0 Å². The van der Waals surface area contributed by atoms with Crippen molar-refractivity contribution in [3.8, 4) is 11.3 Å². The number of benzene rings is 1. The number of aryl methyl sites for hydroxylation is 2. The average molecular weight is 380 g/mol. The molecule has 1 N–H and O–H groups in total. The van der Waals surface area contributed by atoms with Gasteiger partial charge in [-0.05, 0) is 32.9 Å². The molecule has 5 nitrogen and oxygen atoms in total. The van der Waals surface area contributed by atoms with Gasteiger partial charge in [0.2, 0.25) is 0 Å². The maximum absolute atomic E-state index is 14.3. The van der Waals surface area contributed by atoms with Gasteiger partial charge in [-0.2, -0.15) is 18.3 Å². The monoisotopic (exact) mass is 380 g/mol. The van der Waals surface area contributed by atoms with Crippen molar-refractivity contribution < 1.29 is 17.6 Å². The zero-order chi connectivity index (χ0) is 19.9. The Bertz CT molecular complexity index is 1050. The minimum atomic E-state index is -4.61. The van der Waals surface area contributed by atoms with E-state index in [4.69, 9.17) is 0 Å². The van der Waals surface area contributed by atoms with Gasteiger partial charge in [0, 0.05) is 23.4 Å². The van der Waals surface area contributed by atoms with Crippen molar-refractivity contribution in [2.45, 2.75) is 33.0 Å². The van der Waals surface area contributed by atoms with Crippen molar-refractivity contribution in [3.63, 3.8) is 0 Å². The molecule has 3 rings (SSSR count). The van der Waals surface area contributed by atoms with Crippen LogP contribution in [0.5, 0.6) is 0 Å². The van der Waals surface area contributed by atoms with Crippen LogP contribution < -0.4 is 5.56 Å². The van der Waals surface area contributed by atoms with E-state index in [1.165, 1.54) is 10.7 Å². The molecule has 0 saturated carbocycles. The number of aromatic nitrogens is 4. The number of nitrogens with zero attached hydrogens (tertiary/aromatic N) is 3. The van der Waals surface area contributed by atoms with E-state index in [-0.39, 0.29) is 11.1 Å². The fraction of sp³-hybridized carbons (Fsp3) is 0.278. The highest BCUT2D eigenvalue weighted by Gasteiger charge is 2.31. The van der Waals surface area contributed by atoms with Gasteiger partial charge in [0.05, 0.1) is 23.0 Å². The molecule has 3 aromatic rings. The predicted octanol–water partition coefficient (Wildman–Crippen LogP) is 4.02. The van der Waals surface area contributed by atoms with Crippen LogP contribution in [0.25, 0.3) is 11.3 Å². The van der Waals surface area contributed by atoms with Crippen LogP contribution in [0.3, 0.4) is 0 Å². The van der Waals surface area contributed by atoms with Gasteiger partial charge in [-0.25, -0.2) is 9.37 Å². The second-order valence-electron chi connectivity index (χ2n) is 6.23. The van der Waals surface area contributed by atoms with Crippen molar-refractivity contribution >= 4 is 0 Å². The molecule has 2 heterocycles. The van der Waals surface area contributed by atoms with Gasteiger partial charge < -0.3 is 4.98 Å². The molecule has 9 heteroatoms. The third kappa shape index (κ3) is 3.76. The molecule has 0 aliphatic heterocycles. The molecule has 1 aromatic carbocycles. The topological polar surface area (TPSA) is 63.6 Å². The summed E-state index contributed by atoms with van der Waals surface area (Å²) in [6.07, 6.45) is -3.01. The van der Waals surface area contributed by atoms with E-state index in [1.54, 1.807) is 27.0 Å². The Morgan fingerprint density at radius 3 is 2.48 bits per heavy atom. The van der Waals surface area contributed by atoms with Crippen LogP contribution in [-0.4, -0.2) is 19.7 Å². The highest BCUT2D eigenvalue weighted by Crippen LogP contribution is 2.32. The second-order valence-corrected chi connectivity index (χ2v) is 6.23. The molecule has 27 heavy (non-hydrogen) atoms. The molecule has 0 bridgehead atoms. The Kier molecular flexibility index (Phi) is 4.63. The molecule has 0 fully saturated rings. The lowest BCUT2D eigenvalue weighted by atomic mass is 10.0. The molecule has 1 atom stereocenters. The van der Waals surface area contributed by atoms with E-state index in [1.807, 2.05) is 0 Å². The normalized spacial score (nSPS) is 13.0. The quantitative estimate of drug-likeness (QED) is 0.698. The lowest BCUT2D eigenvalue weighted by Gasteiger charge is -2.15. The van der Waals surface area contributed by atoms with E-state index in [9.17, 15) is 22.4 Å². The maximum Gasteiger partial charge on any atom is 0.416 e. The molecule has 0 amide bonds. The van der Waals surface area contributed by atoms with Crippen LogP contribution in [0.2, 0.25) is 0 Å². The van der Waals surface area contributed by atoms with Crippen LogP contribution in [0.15, 0.2) is 35.3 Å². The summed E-state index contributed by atoms with van der Waals surface area (Å²) in [7, 11) is 0. The van der Waals surface area contributed by atoms with Crippen LogP contribution in [0.1, 0.15) is 35.6 Å². The van der Waals surface area contributed by atoms with Crippen LogP contribution in [0.4, 0.5) is 17.6 Å². The van der Waals surface area contributed by atoms with Crippen molar-refractivity contribution in [2.24, 2.45) is 0 Å². The van der Waals surface area contributed by atoms with E-state index in [2.05, 4.69) is 15.1 Å². The molecule has 0 aliphatic rings. The van der Waals surface area contributed by atoms with E-state index in [0.717, 1.165) is 12.1 Å². The van der Waals surface area contributed by atoms with Crippen molar-refractivity contribution in [1.82, 2.24) is 19.7 Å². The zero-order valence-electron chi connectivity index (χ0n) is 14.7. The smallest absolute Gasteiger partial charge is 0.311 e. The van der Waals surface area contributed by atoms with Gasteiger partial charge >= 0.3 is 6.18 Å². The molecule has 142 valence electrons. The number of rotatable bonds is 3. The van der Waals surface area contributed by atoms with E-state index < -0.39 is 23.6 Å². The summed E-state index contributed by atoms with van der Waals surface area (Å²) < 4.78 is 53.8. The molecule has 0 radical (unpaired) electrons. The minimum absolute atomic E-state index is 0.0760. The molecule has 1 unspecified atom stereocenters. The number of hydrogen-bond donors (Lipinski definition) is 1. The Morgan fingerprint density at radius 1 is 1.19 bits per heavy atom. The van der Waals surface area contributed by atoms with Gasteiger partial charge in [0.15, 0.2) is 0 Å². The Hall–Kier alpha value is -2.97. The van der Waals surface area contributed by atoms with Gasteiger partial charge in [0.25, 0.3) is 5.56 Å². The number of halogens is 4. The van der Waals surface area contributed by atoms with Crippen LogP contribution in [-0.2, 0) is 6.18 Å². The summed E-state index contributed by atoms with van der Waals surface area (Å²) in [6.45, 7) is 4.98. The van der Waals surface area contributed by atoms with Crippen LogP contribution >= 0.6 is 0 Å². The van der Waals surface area contributed by atoms with Crippen LogP contribution in [0, 0.1) is 19.7 Å². The first-order valence-corrected chi connectivity index (χ1v) is 8.07. The van der Waals surface area contributed by atoms with Gasteiger partial charge in [0.1, 0.15) is 11.6 Å². The molecular weight excluding hydrogens is 364 g/mol. The van der Waals surface area contributed by atoms with Gasteiger partial charge in [-0.1, -0.05) is 6.07 Å². The molecule has 2 aromatic heterocycles. The average Bonchev–Trinajstić information content (AvgIpc) is 2.94. The maximum atomic E-state index is 14.3. The number of aromatic amines is 1. The zero-order valence-corrected chi connectivity index (χ0v) is 14.7. The fourth-order valence-electron chi connectivity index (χ4n) is 2.83. The number of alkyl halides is 3. The van der Waals surface area contributed by atoms with Crippen molar-refractivity contribution in [2.75, 3.05) is 0 Å². The fourth-order valence-corrected chi connectivity index (χ4v) is 2.83. The SMILES string of the molecule is Cc1nc(-c2cn(C(C)c3ccc(C(F)(F)F)cc3F)nc2C)cc(=O)[nH]1. The van der Waals surface area contributed by atoms with Crippen molar-refractivity contribution in [1.29, 1.82) is 0 Å². The Balaban J connectivity index is 1.99. The molecule has 0 saturated heterocycles. The largest absolute Gasteiger partial charge is 0.416 e. The summed E-state index contributed by atoms with van der Waals surface area (Å²) in [4.78, 5) is 18.5. The molecular formula is C18H16F4N4O. The lowest BCUT2D eigenvalue weighted by Crippen LogP contribution is -2.12. The minimum Gasteiger partial charge on any atom is -0.311 e. The van der Waals surface area contributed by atoms with Gasteiger partial charge in [-0.3, -0.25) is 9.48 Å². The third-order valence-electron chi connectivity index (χ3n) is 4.23. The first-order valence-electron chi connectivity index (χ1n) is 8.07. The summed E-state index contributed by atoms with van der Waals surface area (Å²) in [5, 5.41) is 4.31. The van der Waals surface area contributed by atoms with Crippen molar-refractivity contribution in [3.05, 3.63) is 69.3 Å². The highest BCUT2D eigenvalue weighted by molar-refractivity contribution is 5.60. The lowest BCUT2D eigenvalue weighted by molar-refractivity contribution is -0.137. The highest BCUT2D eigenvalue weighted by atomic mass is 19.4. The summed E-state index contributed by atoms with van der Waals surface area (Å²) in [6, 6.07) is 3.10. The first-order chi connectivity index (χ1) is 12.6. The standard InChI is InChI=1S/C18H16F4N4O/c1-9-14(16-7-17(27)24-11(3)23-16)8-26(25-9)10(2)13-5-4-12(6-15(13)19)18(20,21)22/h4-8,10H,1-3H3,(H,23,24,27). The van der Waals surface area contributed by atoms with Gasteiger partial charge in [-0.15, -0.1) is 0 Å².